The third-order valence-corrected chi connectivity index (χ3v) is 13.2. The van der Waals surface area contributed by atoms with Crippen molar-refractivity contribution in [1.29, 1.82) is 0 Å². The van der Waals surface area contributed by atoms with Crippen LogP contribution in [0.15, 0.2) is 72.1 Å². The molecule has 83 heavy (non-hydrogen) atoms. The third kappa shape index (κ3) is 26.1. The number of guanidine groups is 1. The van der Waals surface area contributed by atoms with Gasteiger partial charge < -0.3 is 80.7 Å². The number of carbonyl (C=O) groups excluding carboxylic acids is 8. The van der Waals surface area contributed by atoms with E-state index in [1.54, 1.807) is 24.3 Å². The minimum Gasteiger partial charge on any atom is -0.508 e. The zero-order chi connectivity index (χ0) is 61.8. The predicted molar refractivity (Wildman–Crippen MR) is 312 cm³/mol. The second-order valence-electron chi connectivity index (χ2n) is 22.1. The summed E-state index contributed by atoms with van der Waals surface area (Å²) in [5.41, 5.74) is 24.8. The zero-order valence-electron chi connectivity index (χ0n) is 48.7. The van der Waals surface area contributed by atoms with Gasteiger partial charge in [-0.2, -0.15) is 0 Å². The standard InChI is InChI=1S/C57H89N15O11/c1-32(2)24-43(69-52(78)44(25-33(3)4)70-53(79)45(26-34(5)6)71-55(81)46(27-36-14-9-8-10-15-36)68-48(74)40(59)29-38-30-62-31-64-38)51(77)66-41(16-11-12-22-58)50(76)72-47(28-37-18-20-39(73)21-19-37)54(80)67-42(17-13-23-63-57(60)61)49(75)65-35(7)56(82)83/h8-10,14-15,18-21,30-35,40-47,73H,11-13,16-17,22-29,58-59H2,1-7H3,(H,62,64)(H,65,75)(H,66,77)(H,67,80)(H,68,74)(H,69,78)(H,70,79)(H,71,81)(H,72,76)(H,82,83)(H4,60,61,63)/t35-,40-,41-,42-,43-,44-,45-,46-,47-/m0/s1. The molecule has 1 heterocycles. The van der Waals surface area contributed by atoms with E-state index in [9.17, 15) is 53.4 Å². The summed E-state index contributed by atoms with van der Waals surface area (Å²) in [6, 6.07) is 3.59. The molecule has 1 aromatic heterocycles. The van der Waals surface area contributed by atoms with E-state index >= 15 is 0 Å². The topological polar surface area (TPSA) is 435 Å². The molecular formula is C57H89N15O11. The largest absolute Gasteiger partial charge is 0.508 e. The molecule has 0 saturated carbocycles. The highest BCUT2D eigenvalue weighted by molar-refractivity contribution is 5.98. The first-order chi connectivity index (χ1) is 39.3. The van der Waals surface area contributed by atoms with Crippen molar-refractivity contribution in [3.8, 4) is 5.75 Å². The first kappa shape index (κ1) is 69.1. The number of hydrogen-bond acceptors (Lipinski definition) is 14. The fourth-order valence-electron chi connectivity index (χ4n) is 8.79. The maximum absolute atomic E-state index is 14.5. The fraction of sp³-hybridized carbons (Fsp3) is 0.561. The lowest BCUT2D eigenvalue weighted by Crippen LogP contribution is -2.61. The number of carboxylic acids is 1. The number of aromatic amines is 1. The predicted octanol–water partition coefficient (Wildman–Crippen LogP) is -0.226. The van der Waals surface area contributed by atoms with E-state index in [1.165, 1.54) is 43.7 Å². The van der Waals surface area contributed by atoms with Crippen LogP contribution in [-0.4, -0.2) is 147 Å². The molecule has 0 aliphatic carbocycles. The molecule has 26 nitrogen and oxygen atoms in total. The number of aliphatic carboxylic acids is 1. The molecule has 0 aliphatic rings. The van der Waals surface area contributed by atoms with Crippen LogP contribution in [0.4, 0.5) is 0 Å². The van der Waals surface area contributed by atoms with Crippen LogP contribution in [0, 0.1) is 17.8 Å². The average molecular weight is 1160 g/mol. The number of carboxylic acid groups (broad SMARTS) is 1. The summed E-state index contributed by atoms with van der Waals surface area (Å²) in [6.07, 6.45) is 4.33. The zero-order valence-corrected chi connectivity index (χ0v) is 48.7. The summed E-state index contributed by atoms with van der Waals surface area (Å²) in [5.74, 6) is -7.98. The molecule has 2 aromatic carbocycles. The number of unbranched alkanes of at least 4 members (excludes halogenated alkanes) is 1. The molecule has 0 aliphatic heterocycles. The molecule has 0 bridgehead atoms. The van der Waals surface area contributed by atoms with Crippen molar-refractivity contribution in [3.05, 3.63) is 83.9 Å². The molecule has 0 spiro atoms. The Hall–Kier alpha value is -8.13. The number of phenols is 1. The first-order valence-electron chi connectivity index (χ1n) is 28.2. The van der Waals surface area contributed by atoms with Crippen molar-refractivity contribution < 1.29 is 53.4 Å². The summed E-state index contributed by atoms with van der Waals surface area (Å²) in [6.45, 7) is 12.6. The van der Waals surface area contributed by atoms with Gasteiger partial charge in [0.05, 0.1) is 12.4 Å². The Morgan fingerprint density at radius 2 is 0.940 bits per heavy atom. The number of carbonyl (C=O) groups is 9. The fourth-order valence-corrected chi connectivity index (χ4v) is 8.79. The Labute approximate surface area is 485 Å². The van der Waals surface area contributed by atoms with E-state index in [0.717, 1.165) is 5.56 Å². The van der Waals surface area contributed by atoms with Crippen molar-refractivity contribution in [2.24, 2.45) is 45.7 Å². The van der Waals surface area contributed by atoms with Gasteiger partial charge in [0, 0.05) is 37.7 Å². The van der Waals surface area contributed by atoms with Crippen molar-refractivity contribution in [2.75, 3.05) is 13.1 Å². The van der Waals surface area contributed by atoms with Crippen LogP contribution in [-0.2, 0) is 62.4 Å². The summed E-state index contributed by atoms with van der Waals surface area (Å²) >= 11 is 0. The number of nitrogens with zero attached hydrogens (tertiary/aromatic N) is 2. The van der Waals surface area contributed by atoms with Crippen LogP contribution in [0.25, 0.3) is 0 Å². The Bertz CT molecular complexity index is 2580. The maximum Gasteiger partial charge on any atom is 0.325 e. The monoisotopic (exact) mass is 1160 g/mol. The first-order valence-corrected chi connectivity index (χ1v) is 28.2. The Kier molecular flexibility index (Phi) is 29.7. The van der Waals surface area contributed by atoms with Crippen LogP contribution in [0.2, 0.25) is 0 Å². The minimum absolute atomic E-state index is 0.0381. The van der Waals surface area contributed by atoms with Gasteiger partial charge >= 0.3 is 5.97 Å². The Morgan fingerprint density at radius 3 is 1.37 bits per heavy atom. The van der Waals surface area contributed by atoms with E-state index in [0.29, 0.717) is 24.1 Å². The lowest BCUT2D eigenvalue weighted by atomic mass is 9.98. The van der Waals surface area contributed by atoms with Crippen LogP contribution in [0.5, 0.6) is 5.75 Å². The van der Waals surface area contributed by atoms with Gasteiger partial charge in [-0.3, -0.25) is 48.1 Å². The van der Waals surface area contributed by atoms with Crippen molar-refractivity contribution in [3.63, 3.8) is 0 Å². The lowest BCUT2D eigenvalue weighted by Gasteiger charge is -2.29. The number of benzene rings is 2. The van der Waals surface area contributed by atoms with Crippen LogP contribution >= 0.6 is 0 Å². The number of rotatable bonds is 37. The van der Waals surface area contributed by atoms with Gasteiger partial charge in [0.1, 0.15) is 54.1 Å². The highest BCUT2D eigenvalue weighted by Gasteiger charge is 2.36. The van der Waals surface area contributed by atoms with Crippen LogP contribution < -0.4 is 65.5 Å². The highest BCUT2D eigenvalue weighted by Crippen LogP contribution is 2.16. The lowest BCUT2D eigenvalue weighted by molar-refractivity contribution is -0.142. The molecule has 0 unspecified atom stereocenters. The molecule has 26 heteroatoms. The second kappa shape index (κ2) is 35.7. The number of imidazole rings is 1. The molecule has 8 amide bonds. The summed E-state index contributed by atoms with van der Waals surface area (Å²) in [4.78, 5) is 136. The van der Waals surface area contributed by atoms with Gasteiger partial charge in [-0.25, -0.2) is 4.98 Å². The van der Waals surface area contributed by atoms with Gasteiger partial charge in [-0.1, -0.05) is 84.0 Å². The normalized spacial score (nSPS) is 14.5. The van der Waals surface area contributed by atoms with Gasteiger partial charge in [0.2, 0.25) is 47.3 Å². The Balaban J connectivity index is 1.92. The molecule has 0 saturated heterocycles. The SMILES string of the molecule is CC(C)C[C@H](NC(=O)[C@H](CC(C)C)NC(=O)[C@H](CC(C)C)NC(=O)[C@H](Cc1ccccc1)NC(=O)[C@@H](N)Cc1cnc[nH]1)C(=O)N[C@@H](CCCCN)C(=O)N[C@@H](Cc1ccc(O)cc1)C(=O)N[C@@H](CCCN=C(N)N)C(=O)N[C@@H](C)C(=O)O. The van der Waals surface area contributed by atoms with Gasteiger partial charge in [0.15, 0.2) is 5.96 Å². The quantitative estimate of drug-likeness (QED) is 0.0201. The minimum atomic E-state index is -1.41. The van der Waals surface area contributed by atoms with E-state index in [-0.39, 0.29) is 100 Å². The smallest absolute Gasteiger partial charge is 0.325 e. The number of nitrogens with one attached hydrogen (secondary N) is 9. The van der Waals surface area contributed by atoms with Crippen molar-refractivity contribution >= 4 is 59.2 Å². The molecule has 9 atom stereocenters. The molecular weight excluding hydrogens is 1070 g/mol. The molecule has 19 N–H and O–H groups in total. The number of aliphatic imine (C=N–C) groups is 1. The summed E-state index contributed by atoms with van der Waals surface area (Å²) in [7, 11) is 0. The molecule has 3 rings (SSSR count). The van der Waals surface area contributed by atoms with Gasteiger partial charge in [-0.15, -0.1) is 0 Å². The number of aromatic hydroxyl groups is 1. The molecule has 0 fully saturated rings. The highest BCUT2D eigenvalue weighted by atomic mass is 16.4. The number of phenolic OH excluding ortho intramolecular Hbond substituents is 1. The molecule has 3 aromatic rings. The van der Waals surface area contributed by atoms with Gasteiger partial charge in [-0.05, 0) is 106 Å². The third-order valence-electron chi connectivity index (χ3n) is 13.2. The van der Waals surface area contributed by atoms with E-state index in [1.807, 2.05) is 47.6 Å². The molecule has 458 valence electrons. The van der Waals surface area contributed by atoms with Crippen LogP contribution in [0.1, 0.15) is 117 Å². The number of hydrogen-bond donors (Lipinski definition) is 15. The van der Waals surface area contributed by atoms with E-state index in [4.69, 9.17) is 22.9 Å². The summed E-state index contributed by atoms with van der Waals surface area (Å²) in [5, 5.41) is 41.2. The Morgan fingerprint density at radius 1 is 0.530 bits per heavy atom. The number of aromatic nitrogens is 2. The number of amides is 8. The molecule has 0 radical (unpaired) electrons. The second-order valence-corrected chi connectivity index (χ2v) is 22.1. The number of nitrogens with two attached hydrogens (primary N) is 4. The van der Waals surface area contributed by atoms with Gasteiger partial charge in [0.25, 0.3) is 0 Å². The maximum atomic E-state index is 14.5. The van der Waals surface area contributed by atoms with Crippen molar-refractivity contribution in [1.82, 2.24) is 52.5 Å². The number of H-pyrrole nitrogens is 1. The van der Waals surface area contributed by atoms with Crippen LogP contribution in [0.3, 0.4) is 0 Å². The van der Waals surface area contributed by atoms with E-state index in [2.05, 4.69) is 57.5 Å². The van der Waals surface area contributed by atoms with E-state index < -0.39 is 108 Å². The average Bonchev–Trinajstić information content (AvgIpc) is 4.11. The van der Waals surface area contributed by atoms with Crippen molar-refractivity contribution in [2.45, 2.75) is 173 Å². The summed E-state index contributed by atoms with van der Waals surface area (Å²) < 4.78 is 0.